The second-order valence-corrected chi connectivity index (χ2v) is 7.69. The van der Waals surface area contributed by atoms with Gasteiger partial charge in [0.1, 0.15) is 11.6 Å². The summed E-state index contributed by atoms with van der Waals surface area (Å²) in [4.78, 5) is 26.9. The average molecular weight is 347 g/mol. The standard InChI is InChI=1S/C18H29N5O2/c1-13-9-19-14(2)20-17(13)23-8-6-18(25)5-7-22(10-15(18)11-23)12-16(24)21(3)4/h9,15,25H,5-8,10-12H2,1-4H3/t15-,18-/m1/s1. The molecule has 1 N–H and O–H groups in total. The first-order valence-electron chi connectivity index (χ1n) is 8.98. The molecule has 7 nitrogen and oxygen atoms in total. The van der Waals surface area contributed by atoms with E-state index in [9.17, 15) is 9.90 Å². The van der Waals surface area contributed by atoms with Crippen molar-refractivity contribution in [2.24, 2.45) is 5.92 Å². The molecule has 0 aromatic carbocycles. The van der Waals surface area contributed by atoms with Crippen molar-refractivity contribution in [3.63, 3.8) is 0 Å². The molecular formula is C18H29N5O2. The van der Waals surface area contributed by atoms with E-state index >= 15 is 0 Å². The van der Waals surface area contributed by atoms with E-state index in [0.29, 0.717) is 6.54 Å². The van der Waals surface area contributed by atoms with Crippen molar-refractivity contribution in [3.05, 3.63) is 17.6 Å². The zero-order chi connectivity index (χ0) is 18.2. The first-order valence-corrected chi connectivity index (χ1v) is 8.98. The Kier molecular flexibility index (Phi) is 4.97. The van der Waals surface area contributed by atoms with Gasteiger partial charge in [-0.3, -0.25) is 9.69 Å². The van der Waals surface area contributed by atoms with Gasteiger partial charge in [-0.2, -0.15) is 0 Å². The van der Waals surface area contributed by atoms with Crippen LogP contribution in [0, 0.1) is 19.8 Å². The van der Waals surface area contributed by atoms with Crippen LogP contribution in [0.1, 0.15) is 24.2 Å². The molecule has 1 amide bonds. The summed E-state index contributed by atoms with van der Waals surface area (Å²) in [6.07, 6.45) is 3.34. The van der Waals surface area contributed by atoms with Crippen LogP contribution in [0.4, 0.5) is 5.82 Å². The lowest BCUT2D eigenvalue weighted by atomic mass is 9.75. The molecule has 0 radical (unpaired) electrons. The van der Waals surface area contributed by atoms with E-state index in [1.807, 2.05) is 20.0 Å². The zero-order valence-corrected chi connectivity index (χ0v) is 15.7. The third-order valence-corrected chi connectivity index (χ3v) is 5.58. The Hall–Kier alpha value is -1.73. The summed E-state index contributed by atoms with van der Waals surface area (Å²) >= 11 is 0. The van der Waals surface area contributed by atoms with Gasteiger partial charge < -0.3 is 14.9 Å². The first-order chi connectivity index (χ1) is 11.8. The molecule has 2 atom stereocenters. The number of nitrogens with zero attached hydrogens (tertiary/aromatic N) is 5. The number of aryl methyl sites for hydroxylation is 2. The van der Waals surface area contributed by atoms with Crippen LogP contribution in [0.5, 0.6) is 0 Å². The minimum absolute atomic E-state index is 0.111. The number of piperidine rings is 2. The molecule has 0 saturated carbocycles. The second kappa shape index (κ2) is 6.88. The van der Waals surface area contributed by atoms with E-state index in [1.165, 1.54) is 0 Å². The van der Waals surface area contributed by atoms with Gasteiger partial charge in [0.15, 0.2) is 0 Å². The minimum atomic E-state index is -0.621. The van der Waals surface area contributed by atoms with Gasteiger partial charge in [-0.25, -0.2) is 9.97 Å². The van der Waals surface area contributed by atoms with Crippen LogP contribution in [0.3, 0.4) is 0 Å². The fourth-order valence-electron chi connectivity index (χ4n) is 3.88. The summed E-state index contributed by atoms with van der Waals surface area (Å²) in [5.41, 5.74) is 0.441. The largest absolute Gasteiger partial charge is 0.389 e. The fourth-order valence-corrected chi connectivity index (χ4v) is 3.88. The van der Waals surface area contributed by atoms with Crippen molar-refractivity contribution in [2.75, 3.05) is 51.7 Å². The maximum absolute atomic E-state index is 12.0. The highest BCUT2D eigenvalue weighted by Gasteiger charge is 2.45. The molecule has 7 heteroatoms. The highest BCUT2D eigenvalue weighted by molar-refractivity contribution is 5.77. The Morgan fingerprint density at radius 3 is 2.76 bits per heavy atom. The fraction of sp³-hybridized carbons (Fsp3) is 0.722. The Bertz CT molecular complexity index is 650. The number of fused-ring (bicyclic) bond motifs is 1. The quantitative estimate of drug-likeness (QED) is 0.856. The van der Waals surface area contributed by atoms with Crippen LogP contribution in [0.25, 0.3) is 0 Å². The molecule has 25 heavy (non-hydrogen) atoms. The van der Waals surface area contributed by atoms with Crippen LogP contribution in [-0.2, 0) is 4.79 Å². The molecule has 0 aliphatic carbocycles. The molecule has 2 aliphatic heterocycles. The number of aromatic nitrogens is 2. The lowest BCUT2D eigenvalue weighted by molar-refractivity contribution is -0.133. The first kappa shape index (κ1) is 18.1. The Morgan fingerprint density at radius 2 is 2.04 bits per heavy atom. The Labute approximate surface area is 149 Å². The summed E-state index contributed by atoms with van der Waals surface area (Å²) in [6.45, 7) is 7.44. The predicted octanol–water partition coefficient (Wildman–Crippen LogP) is 0.445. The topological polar surface area (TPSA) is 72.8 Å². The number of carbonyl (C=O) groups is 1. The highest BCUT2D eigenvalue weighted by atomic mass is 16.3. The molecule has 1 aromatic rings. The van der Waals surface area contributed by atoms with Crippen LogP contribution >= 0.6 is 0 Å². The van der Waals surface area contributed by atoms with E-state index in [-0.39, 0.29) is 11.8 Å². The molecule has 138 valence electrons. The van der Waals surface area contributed by atoms with Crippen LogP contribution in [0.15, 0.2) is 6.20 Å². The van der Waals surface area contributed by atoms with Crippen molar-refractivity contribution in [2.45, 2.75) is 32.3 Å². The van der Waals surface area contributed by atoms with E-state index in [4.69, 9.17) is 0 Å². The average Bonchev–Trinajstić information content (AvgIpc) is 2.57. The number of rotatable bonds is 3. The van der Waals surface area contributed by atoms with Gasteiger partial charge in [0, 0.05) is 58.0 Å². The van der Waals surface area contributed by atoms with Gasteiger partial charge in [0.05, 0.1) is 12.1 Å². The van der Waals surface area contributed by atoms with Crippen molar-refractivity contribution >= 4 is 11.7 Å². The molecule has 3 rings (SSSR count). The SMILES string of the molecule is Cc1ncc(C)c(N2CC[C@]3(O)CCN(CC(=O)N(C)C)C[C@@H]3C2)n1. The van der Waals surface area contributed by atoms with Gasteiger partial charge in [-0.05, 0) is 26.7 Å². The van der Waals surface area contributed by atoms with E-state index < -0.39 is 5.60 Å². The molecule has 0 unspecified atom stereocenters. The number of hydrogen-bond acceptors (Lipinski definition) is 6. The number of likely N-dealkylation sites (N-methyl/N-ethyl adjacent to an activating group) is 1. The number of hydrogen-bond donors (Lipinski definition) is 1. The molecule has 3 heterocycles. The monoisotopic (exact) mass is 347 g/mol. The predicted molar refractivity (Wildman–Crippen MR) is 96.5 cm³/mol. The molecule has 2 aliphatic rings. The van der Waals surface area contributed by atoms with Crippen molar-refractivity contribution < 1.29 is 9.90 Å². The third-order valence-electron chi connectivity index (χ3n) is 5.58. The van der Waals surface area contributed by atoms with Gasteiger partial charge in [-0.1, -0.05) is 0 Å². The van der Waals surface area contributed by atoms with Gasteiger partial charge in [0.2, 0.25) is 5.91 Å². The van der Waals surface area contributed by atoms with Crippen molar-refractivity contribution in [1.29, 1.82) is 0 Å². The van der Waals surface area contributed by atoms with Gasteiger partial charge >= 0.3 is 0 Å². The lowest BCUT2D eigenvalue weighted by Gasteiger charge is -2.50. The minimum Gasteiger partial charge on any atom is -0.389 e. The maximum Gasteiger partial charge on any atom is 0.236 e. The Morgan fingerprint density at radius 1 is 1.32 bits per heavy atom. The zero-order valence-electron chi connectivity index (χ0n) is 15.7. The number of amides is 1. The summed E-state index contributed by atoms with van der Waals surface area (Å²) < 4.78 is 0. The van der Waals surface area contributed by atoms with Crippen molar-refractivity contribution in [1.82, 2.24) is 19.8 Å². The van der Waals surface area contributed by atoms with Gasteiger partial charge in [0.25, 0.3) is 0 Å². The summed E-state index contributed by atoms with van der Waals surface area (Å²) in [6, 6.07) is 0. The smallest absolute Gasteiger partial charge is 0.236 e. The van der Waals surface area contributed by atoms with Crippen molar-refractivity contribution in [3.8, 4) is 0 Å². The van der Waals surface area contributed by atoms with Gasteiger partial charge in [-0.15, -0.1) is 0 Å². The number of aliphatic hydroxyl groups is 1. The molecule has 2 saturated heterocycles. The Balaban J connectivity index is 1.72. The third kappa shape index (κ3) is 3.77. The molecular weight excluding hydrogens is 318 g/mol. The van der Waals surface area contributed by atoms with Crippen LogP contribution in [-0.4, -0.2) is 83.2 Å². The second-order valence-electron chi connectivity index (χ2n) is 7.69. The number of carbonyl (C=O) groups excluding carboxylic acids is 1. The summed E-state index contributed by atoms with van der Waals surface area (Å²) in [7, 11) is 3.57. The maximum atomic E-state index is 12.0. The molecule has 0 spiro atoms. The lowest BCUT2D eigenvalue weighted by Crippen LogP contribution is -2.60. The summed E-state index contributed by atoms with van der Waals surface area (Å²) in [5.74, 6) is 1.97. The van der Waals surface area contributed by atoms with E-state index in [2.05, 4.69) is 19.8 Å². The highest BCUT2D eigenvalue weighted by Crippen LogP contribution is 2.37. The van der Waals surface area contributed by atoms with Crippen LogP contribution in [0.2, 0.25) is 0 Å². The van der Waals surface area contributed by atoms with E-state index in [1.54, 1.807) is 19.0 Å². The molecule has 0 bridgehead atoms. The summed E-state index contributed by atoms with van der Waals surface area (Å²) in [5, 5.41) is 11.1. The molecule has 2 fully saturated rings. The number of anilines is 1. The normalized spacial score (nSPS) is 27.1. The van der Waals surface area contributed by atoms with E-state index in [0.717, 1.165) is 56.2 Å². The van der Waals surface area contributed by atoms with Crippen LogP contribution < -0.4 is 4.90 Å². The molecule has 1 aromatic heterocycles. The number of likely N-dealkylation sites (tertiary alicyclic amines) is 1.